The Kier molecular flexibility index (Phi) is 2.78. The summed E-state index contributed by atoms with van der Waals surface area (Å²) in [5.74, 6) is 3.25. The molecule has 1 atom stereocenters. The van der Waals surface area contributed by atoms with E-state index in [-0.39, 0.29) is 0 Å². The van der Waals surface area contributed by atoms with Gasteiger partial charge in [0.05, 0.1) is 6.54 Å². The van der Waals surface area contributed by atoms with Crippen molar-refractivity contribution >= 4 is 5.96 Å². The number of likely N-dealkylation sites (tertiary alicyclic amines) is 1. The number of likely N-dealkylation sites (N-methyl/N-ethyl adjacent to an activating group) is 1. The van der Waals surface area contributed by atoms with E-state index in [1.165, 1.54) is 51.2 Å². The first kappa shape index (κ1) is 10.4. The second-order valence-corrected chi connectivity index (χ2v) is 5.64. The van der Waals surface area contributed by atoms with Crippen LogP contribution in [-0.4, -0.2) is 49.0 Å². The molecule has 2 heterocycles. The summed E-state index contributed by atoms with van der Waals surface area (Å²) in [6.45, 7) is 4.62. The summed E-state index contributed by atoms with van der Waals surface area (Å²) in [4.78, 5) is 9.47. The zero-order valence-corrected chi connectivity index (χ0v) is 10.4. The number of hydrogen-bond acceptors (Lipinski definition) is 3. The van der Waals surface area contributed by atoms with Crippen molar-refractivity contribution in [3.8, 4) is 0 Å². The number of nitrogens with zero attached hydrogens (tertiary/aromatic N) is 3. The Morgan fingerprint density at radius 1 is 1.06 bits per heavy atom. The Labute approximate surface area is 98.5 Å². The minimum Gasteiger partial charge on any atom is -0.344 e. The molecule has 0 spiro atoms. The summed E-state index contributed by atoms with van der Waals surface area (Å²) >= 11 is 0. The first-order valence-electron chi connectivity index (χ1n) is 6.85. The molecule has 3 heteroatoms. The molecule has 0 amide bonds. The second kappa shape index (κ2) is 4.27. The molecule has 1 saturated heterocycles. The van der Waals surface area contributed by atoms with E-state index >= 15 is 0 Å². The van der Waals surface area contributed by atoms with Crippen molar-refractivity contribution < 1.29 is 0 Å². The molecule has 0 aromatic carbocycles. The van der Waals surface area contributed by atoms with Crippen LogP contribution in [0.4, 0.5) is 0 Å². The quantitative estimate of drug-likeness (QED) is 0.672. The summed E-state index contributed by atoms with van der Waals surface area (Å²) in [6.07, 6.45) is 7.32. The largest absolute Gasteiger partial charge is 0.344 e. The van der Waals surface area contributed by atoms with Gasteiger partial charge in [0, 0.05) is 26.7 Å². The summed E-state index contributed by atoms with van der Waals surface area (Å²) in [6, 6.07) is 0. The molecule has 0 N–H and O–H groups in total. The van der Waals surface area contributed by atoms with E-state index in [2.05, 4.69) is 21.8 Å². The molecule has 0 aromatic rings. The topological polar surface area (TPSA) is 18.8 Å². The molecule has 1 aliphatic carbocycles. The van der Waals surface area contributed by atoms with E-state index in [0.29, 0.717) is 0 Å². The van der Waals surface area contributed by atoms with Gasteiger partial charge in [0.1, 0.15) is 0 Å². The van der Waals surface area contributed by atoms with E-state index in [1.54, 1.807) is 0 Å². The Bertz CT molecular complexity index is 281. The molecule has 1 unspecified atom stereocenters. The molecule has 16 heavy (non-hydrogen) atoms. The first-order chi connectivity index (χ1) is 7.84. The SMILES string of the molecule is CN1CCN=C1N1CCC(C2CCCC2)C1. The number of guanidine groups is 1. The van der Waals surface area contributed by atoms with Gasteiger partial charge < -0.3 is 9.80 Å². The van der Waals surface area contributed by atoms with Crippen molar-refractivity contribution in [1.82, 2.24) is 9.80 Å². The third kappa shape index (κ3) is 1.80. The molecule has 2 fully saturated rings. The minimum atomic E-state index is 0.958. The highest BCUT2D eigenvalue weighted by Gasteiger charge is 2.33. The lowest BCUT2D eigenvalue weighted by Gasteiger charge is -2.25. The number of rotatable bonds is 1. The summed E-state index contributed by atoms with van der Waals surface area (Å²) in [5.41, 5.74) is 0. The number of hydrogen-bond donors (Lipinski definition) is 0. The van der Waals surface area contributed by atoms with Gasteiger partial charge in [-0.1, -0.05) is 25.7 Å². The summed E-state index contributed by atoms with van der Waals surface area (Å²) in [5, 5.41) is 0. The second-order valence-electron chi connectivity index (χ2n) is 5.64. The van der Waals surface area contributed by atoms with Crippen molar-refractivity contribution in [3.63, 3.8) is 0 Å². The van der Waals surface area contributed by atoms with Crippen LogP contribution in [0.25, 0.3) is 0 Å². The van der Waals surface area contributed by atoms with Gasteiger partial charge in [0.2, 0.25) is 0 Å². The molecule has 1 saturated carbocycles. The van der Waals surface area contributed by atoms with Gasteiger partial charge in [-0.15, -0.1) is 0 Å². The van der Waals surface area contributed by atoms with Crippen LogP contribution in [0.5, 0.6) is 0 Å². The lowest BCUT2D eigenvalue weighted by Crippen LogP contribution is -2.38. The molecule has 2 aliphatic heterocycles. The standard InChI is InChI=1S/C13H23N3/c1-15-9-7-14-13(15)16-8-6-12(10-16)11-4-2-3-5-11/h11-12H,2-10H2,1H3. The molecule has 3 aliphatic rings. The van der Waals surface area contributed by atoms with Crippen LogP contribution >= 0.6 is 0 Å². The molecule has 3 nitrogen and oxygen atoms in total. The lowest BCUT2D eigenvalue weighted by atomic mass is 9.90. The lowest BCUT2D eigenvalue weighted by molar-refractivity contribution is 0.335. The maximum atomic E-state index is 4.63. The van der Waals surface area contributed by atoms with Crippen LogP contribution in [0.1, 0.15) is 32.1 Å². The fourth-order valence-corrected chi connectivity index (χ4v) is 3.64. The Morgan fingerprint density at radius 3 is 2.56 bits per heavy atom. The van der Waals surface area contributed by atoms with E-state index < -0.39 is 0 Å². The molecular weight excluding hydrogens is 198 g/mol. The highest BCUT2D eigenvalue weighted by molar-refractivity contribution is 5.81. The Hall–Kier alpha value is -0.730. The van der Waals surface area contributed by atoms with E-state index in [4.69, 9.17) is 0 Å². The third-order valence-electron chi connectivity index (χ3n) is 4.60. The normalized spacial score (nSPS) is 31.6. The van der Waals surface area contributed by atoms with E-state index in [1.807, 2.05) is 0 Å². The third-order valence-corrected chi connectivity index (χ3v) is 4.60. The maximum Gasteiger partial charge on any atom is 0.196 e. The maximum absolute atomic E-state index is 4.63. The Balaban J connectivity index is 1.60. The van der Waals surface area contributed by atoms with Gasteiger partial charge in [-0.2, -0.15) is 0 Å². The van der Waals surface area contributed by atoms with Gasteiger partial charge in [0.15, 0.2) is 5.96 Å². The molecule has 0 bridgehead atoms. The zero-order valence-electron chi connectivity index (χ0n) is 10.4. The molecule has 0 aromatic heterocycles. The molecular formula is C13H23N3. The van der Waals surface area contributed by atoms with Gasteiger partial charge in [-0.3, -0.25) is 4.99 Å². The first-order valence-corrected chi connectivity index (χ1v) is 6.85. The van der Waals surface area contributed by atoms with Crippen LogP contribution in [0, 0.1) is 11.8 Å². The number of aliphatic imine (C=N–C) groups is 1. The zero-order chi connectivity index (χ0) is 11.0. The van der Waals surface area contributed by atoms with Crippen LogP contribution in [0.3, 0.4) is 0 Å². The van der Waals surface area contributed by atoms with Gasteiger partial charge in [-0.05, 0) is 18.3 Å². The molecule has 0 radical (unpaired) electrons. The van der Waals surface area contributed by atoms with Crippen molar-refractivity contribution in [2.75, 3.05) is 33.2 Å². The van der Waals surface area contributed by atoms with E-state index in [0.717, 1.165) is 24.9 Å². The average Bonchev–Trinajstić information content (AvgIpc) is 2.96. The summed E-state index contributed by atoms with van der Waals surface area (Å²) in [7, 11) is 2.18. The van der Waals surface area contributed by atoms with Gasteiger partial charge in [-0.25, -0.2) is 0 Å². The monoisotopic (exact) mass is 221 g/mol. The molecule has 3 rings (SSSR count). The van der Waals surface area contributed by atoms with Crippen molar-refractivity contribution in [1.29, 1.82) is 0 Å². The highest BCUT2D eigenvalue weighted by Crippen LogP contribution is 2.36. The van der Waals surface area contributed by atoms with Crippen molar-refractivity contribution in [2.24, 2.45) is 16.8 Å². The highest BCUT2D eigenvalue weighted by atomic mass is 15.4. The fraction of sp³-hybridized carbons (Fsp3) is 0.923. The van der Waals surface area contributed by atoms with Crippen molar-refractivity contribution in [3.05, 3.63) is 0 Å². The minimum absolute atomic E-state index is 0.958. The van der Waals surface area contributed by atoms with Crippen LogP contribution < -0.4 is 0 Å². The van der Waals surface area contributed by atoms with Gasteiger partial charge >= 0.3 is 0 Å². The predicted molar refractivity (Wildman–Crippen MR) is 66.6 cm³/mol. The smallest absolute Gasteiger partial charge is 0.196 e. The van der Waals surface area contributed by atoms with Crippen LogP contribution in [0.2, 0.25) is 0 Å². The van der Waals surface area contributed by atoms with E-state index in [9.17, 15) is 0 Å². The predicted octanol–water partition coefficient (Wildman–Crippen LogP) is 1.80. The average molecular weight is 221 g/mol. The summed E-state index contributed by atoms with van der Waals surface area (Å²) < 4.78 is 0. The van der Waals surface area contributed by atoms with Gasteiger partial charge in [0.25, 0.3) is 0 Å². The molecule has 90 valence electrons. The Morgan fingerprint density at radius 2 is 1.88 bits per heavy atom. The van der Waals surface area contributed by atoms with Crippen molar-refractivity contribution in [2.45, 2.75) is 32.1 Å². The van der Waals surface area contributed by atoms with Crippen LogP contribution in [-0.2, 0) is 0 Å². The fourth-order valence-electron chi connectivity index (χ4n) is 3.64. The van der Waals surface area contributed by atoms with Crippen LogP contribution in [0.15, 0.2) is 4.99 Å².